The second-order valence-corrected chi connectivity index (χ2v) is 3.14. The van der Waals surface area contributed by atoms with Crippen LogP contribution in [0.1, 0.15) is 0 Å². The molecule has 0 bridgehead atoms. The maximum atomic E-state index is 11.8. The molecule has 5 heteroatoms. The highest BCUT2D eigenvalue weighted by molar-refractivity contribution is 7.99. The van der Waals surface area contributed by atoms with Gasteiger partial charge < -0.3 is 5.11 Å². The third-order valence-electron chi connectivity index (χ3n) is 1.13. The highest BCUT2D eigenvalue weighted by Gasteiger charge is 2.04. The number of aliphatic hydroxyl groups excluding tert-OH is 1. The zero-order valence-electron chi connectivity index (χ0n) is 6.35. The number of aliphatic hydroxyl groups is 1. The van der Waals surface area contributed by atoms with Crippen molar-refractivity contribution in [1.29, 1.82) is 0 Å². The number of rotatable bonds is 4. The lowest BCUT2D eigenvalue weighted by Crippen LogP contribution is -2.12. The van der Waals surface area contributed by atoms with Gasteiger partial charge in [-0.25, -0.2) is 14.4 Å². The molecule has 3 nitrogen and oxygen atoms in total. The van der Waals surface area contributed by atoms with Gasteiger partial charge in [-0.15, -0.1) is 0 Å². The second-order valence-electron chi connectivity index (χ2n) is 2.15. The molecule has 0 radical (unpaired) electrons. The maximum Gasteiger partial charge on any atom is 0.187 e. The van der Waals surface area contributed by atoms with Crippen molar-refractivity contribution in [2.75, 3.05) is 12.4 Å². The molecule has 0 aliphatic carbocycles. The van der Waals surface area contributed by atoms with Gasteiger partial charge in [0.05, 0.1) is 6.10 Å². The van der Waals surface area contributed by atoms with Crippen molar-refractivity contribution < 1.29 is 9.50 Å². The van der Waals surface area contributed by atoms with Gasteiger partial charge >= 0.3 is 0 Å². The van der Waals surface area contributed by atoms with Crippen LogP contribution in [0.15, 0.2) is 23.6 Å². The Bertz CT molecular complexity index is 222. The minimum atomic E-state index is -0.918. The molecule has 1 aromatic rings. The van der Waals surface area contributed by atoms with Crippen LogP contribution in [0.2, 0.25) is 0 Å². The molecule has 0 aliphatic rings. The SMILES string of the molecule is OC(CF)CSc1ncccn1. The fraction of sp³-hybridized carbons (Fsp3) is 0.429. The first-order chi connectivity index (χ1) is 5.83. The van der Waals surface area contributed by atoms with Gasteiger partial charge in [-0.05, 0) is 6.07 Å². The average molecular weight is 188 g/mol. The van der Waals surface area contributed by atoms with Crippen molar-refractivity contribution in [2.45, 2.75) is 11.3 Å². The monoisotopic (exact) mass is 188 g/mol. The van der Waals surface area contributed by atoms with E-state index in [4.69, 9.17) is 5.11 Å². The number of aromatic nitrogens is 2. The number of hydrogen-bond acceptors (Lipinski definition) is 4. The molecule has 12 heavy (non-hydrogen) atoms. The van der Waals surface area contributed by atoms with E-state index in [0.29, 0.717) is 10.9 Å². The molecule has 1 rings (SSSR count). The zero-order chi connectivity index (χ0) is 8.81. The summed E-state index contributed by atoms with van der Waals surface area (Å²) in [5, 5.41) is 9.43. The third kappa shape index (κ3) is 3.15. The summed E-state index contributed by atoms with van der Waals surface area (Å²) in [5.74, 6) is 0.292. The summed E-state index contributed by atoms with van der Waals surface area (Å²) in [7, 11) is 0. The second kappa shape index (κ2) is 5.05. The lowest BCUT2D eigenvalue weighted by Gasteiger charge is -2.02. The highest BCUT2D eigenvalue weighted by atomic mass is 32.2. The van der Waals surface area contributed by atoms with Gasteiger partial charge in [-0.2, -0.15) is 0 Å². The fourth-order valence-corrected chi connectivity index (χ4v) is 1.28. The minimum Gasteiger partial charge on any atom is -0.390 e. The normalized spacial score (nSPS) is 12.8. The van der Waals surface area contributed by atoms with E-state index in [1.54, 1.807) is 18.5 Å². The van der Waals surface area contributed by atoms with Crippen LogP contribution >= 0.6 is 11.8 Å². The first kappa shape index (κ1) is 9.41. The Morgan fingerprint density at radius 1 is 1.50 bits per heavy atom. The smallest absolute Gasteiger partial charge is 0.187 e. The molecule has 0 saturated heterocycles. The molecule has 0 aliphatic heterocycles. The first-order valence-electron chi connectivity index (χ1n) is 3.47. The molecule has 66 valence electrons. The van der Waals surface area contributed by atoms with E-state index < -0.39 is 12.8 Å². The molecule has 1 unspecified atom stereocenters. The molecule has 1 aromatic heterocycles. The predicted octanol–water partition coefficient (Wildman–Crippen LogP) is 0.899. The Hall–Kier alpha value is -0.680. The Labute approximate surface area is 74.0 Å². The summed E-state index contributed by atoms with van der Waals surface area (Å²) >= 11 is 1.24. The van der Waals surface area contributed by atoms with Crippen molar-refractivity contribution in [3.8, 4) is 0 Å². The maximum absolute atomic E-state index is 11.8. The molecule has 1 atom stereocenters. The van der Waals surface area contributed by atoms with Crippen LogP contribution in [0.5, 0.6) is 0 Å². The lowest BCUT2D eigenvalue weighted by atomic mass is 10.5. The minimum absolute atomic E-state index is 0.292. The summed E-state index contributed by atoms with van der Waals surface area (Å²) in [6, 6.07) is 1.70. The molecule has 0 aromatic carbocycles. The van der Waals surface area contributed by atoms with Gasteiger partial charge in [0.15, 0.2) is 5.16 Å². The average Bonchev–Trinajstić information content (AvgIpc) is 2.16. The molecular formula is C7H9FN2OS. The van der Waals surface area contributed by atoms with Crippen molar-refractivity contribution >= 4 is 11.8 Å². The zero-order valence-corrected chi connectivity index (χ0v) is 7.17. The van der Waals surface area contributed by atoms with E-state index in [2.05, 4.69) is 9.97 Å². The lowest BCUT2D eigenvalue weighted by molar-refractivity contribution is 0.162. The Kier molecular flexibility index (Phi) is 3.96. The van der Waals surface area contributed by atoms with E-state index in [9.17, 15) is 4.39 Å². The molecule has 1 N–H and O–H groups in total. The summed E-state index contributed by atoms with van der Waals surface area (Å²) in [6.45, 7) is -0.722. The standard InChI is InChI=1S/C7H9FN2OS/c8-4-6(11)5-12-7-9-2-1-3-10-7/h1-3,6,11H,4-5H2. The fourth-order valence-electron chi connectivity index (χ4n) is 0.575. The van der Waals surface area contributed by atoms with Gasteiger partial charge in [0.2, 0.25) is 0 Å². The van der Waals surface area contributed by atoms with Crippen molar-refractivity contribution in [1.82, 2.24) is 9.97 Å². The first-order valence-corrected chi connectivity index (χ1v) is 4.45. The molecule has 0 fully saturated rings. The van der Waals surface area contributed by atoms with Crippen molar-refractivity contribution in [3.05, 3.63) is 18.5 Å². The third-order valence-corrected chi connectivity index (χ3v) is 2.15. The molecule has 0 amide bonds. The molecule has 0 saturated carbocycles. The summed E-state index contributed by atoms with van der Waals surface area (Å²) < 4.78 is 11.8. The van der Waals surface area contributed by atoms with E-state index in [-0.39, 0.29) is 0 Å². The van der Waals surface area contributed by atoms with Gasteiger partial charge in [0, 0.05) is 18.1 Å². The van der Waals surface area contributed by atoms with Crippen LogP contribution in [0.4, 0.5) is 4.39 Å². The predicted molar refractivity (Wildman–Crippen MR) is 44.7 cm³/mol. The highest BCUT2D eigenvalue weighted by Crippen LogP contribution is 2.12. The van der Waals surface area contributed by atoms with E-state index in [1.165, 1.54) is 11.8 Å². The largest absolute Gasteiger partial charge is 0.390 e. The van der Waals surface area contributed by atoms with Crippen LogP contribution in [0, 0.1) is 0 Å². The topological polar surface area (TPSA) is 46.0 Å². The number of nitrogens with zero attached hydrogens (tertiary/aromatic N) is 2. The van der Waals surface area contributed by atoms with E-state index in [1.807, 2.05) is 0 Å². The summed E-state index contributed by atoms with van der Waals surface area (Å²) in [4.78, 5) is 7.81. The Balaban J connectivity index is 2.33. The number of halogens is 1. The molecule has 0 spiro atoms. The molecule has 1 heterocycles. The van der Waals surface area contributed by atoms with Gasteiger partial charge in [-0.1, -0.05) is 11.8 Å². The van der Waals surface area contributed by atoms with E-state index >= 15 is 0 Å². The number of hydrogen-bond donors (Lipinski definition) is 1. The Morgan fingerprint density at radius 2 is 2.17 bits per heavy atom. The van der Waals surface area contributed by atoms with Crippen LogP contribution in [-0.4, -0.2) is 33.6 Å². The quantitative estimate of drug-likeness (QED) is 0.563. The van der Waals surface area contributed by atoms with Crippen LogP contribution in [0.25, 0.3) is 0 Å². The van der Waals surface area contributed by atoms with Gasteiger partial charge in [0.25, 0.3) is 0 Å². The number of alkyl halides is 1. The van der Waals surface area contributed by atoms with E-state index in [0.717, 1.165) is 0 Å². The van der Waals surface area contributed by atoms with Crippen molar-refractivity contribution in [2.24, 2.45) is 0 Å². The molecular weight excluding hydrogens is 179 g/mol. The van der Waals surface area contributed by atoms with Gasteiger partial charge in [0.1, 0.15) is 6.67 Å². The van der Waals surface area contributed by atoms with Crippen LogP contribution in [0.3, 0.4) is 0 Å². The number of thioether (sulfide) groups is 1. The van der Waals surface area contributed by atoms with Crippen molar-refractivity contribution in [3.63, 3.8) is 0 Å². The van der Waals surface area contributed by atoms with Crippen LogP contribution in [-0.2, 0) is 0 Å². The summed E-state index contributed by atoms with van der Waals surface area (Å²) in [6.07, 6.45) is 2.30. The summed E-state index contributed by atoms with van der Waals surface area (Å²) in [5.41, 5.74) is 0. The Morgan fingerprint density at radius 3 is 2.75 bits per heavy atom. The van der Waals surface area contributed by atoms with Crippen LogP contribution < -0.4 is 0 Å². The van der Waals surface area contributed by atoms with Gasteiger partial charge in [-0.3, -0.25) is 0 Å².